The van der Waals surface area contributed by atoms with Gasteiger partial charge in [-0.25, -0.2) is 0 Å². The summed E-state index contributed by atoms with van der Waals surface area (Å²) < 4.78 is 0. The molecule has 0 bridgehead atoms. The number of fused-ring (bicyclic) bond motifs is 2. The van der Waals surface area contributed by atoms with Crippen molar-refractivity contribution in [3.8, 4) is 0 Å². The quantitative estimate of drug-likeness (QED) is 0.613. The molecule has 0 nitrogen and oxygen atoms in total. The van der Waals surface area contributed by atoms with Crippen LogP contribution in [0.15, 0.2) is 0 Å². The fourth-order valence-corrected chi connectivity index (χ4v) is 4.71. The molecular formula is C14H24. The molecule has 3 rings (SSSR count). The first-order chi connectivity index (χ1) is 6.78. The molecule has 0 saturated heterocycles. The lowest BCUT2D eigenvalue weighted by Crippen LogP contribution is -2.42. The van der Waals surface area contributed by atoms with E-state index >= 15 is 0 Å². The maximum atomic E-state index is 2.50. The zero-order valence-electron chi connectivity index (χ0n) is 9.76. The fraction of sp³-hybridized carbons (Fsp3) is 1.00. The van der Waals surface area contributed by atoms with Gasteiger partial charge in [0.2, 0.25) is 0 Å². The van der Waals surface area contributed by atoms with Crippen molar-refractivity contribution in [1.82, 2.24) is 0 Å². The van der Waals surface area contributed by atoms with E-state index in [1.165, 1.54) is 18.8 Å². The Morgan fingerprint density at radius 1 is 1.21 bits per heavy atom. The van der Waals surface area contributed by atoms with Crippen LogP contribution in [-0.2, 0) is 0 Å². The first-order valence-corrected chi connectivity index (χ1v) is 6.78. The normalized spacial score (nSPS) is 55.3. The molecule has 0 aromatic rings. The standard InChI is InChI=1S/C14H24/c1-3-4-11-9-14(11)8-7-10(2)12-5-6-13(12)14/h10-13H,3-9H2,1-2H3. The van der Waals surface area contributed by atoms with Crippen LogP contribution in [0.5, 0.6) is 0 Å². The largest absolute Gasteiger partial charge is 0.0654 e. The summed E-state index contributed by atoms with van der Waals surface area (Å²) in [6, 6.07) is 0. The van der Waals surface area contributed by atoms with Gasteiger partial charge in [0.05, 0.1) is 0 Å². The lowest BCUT2D eigenvalue weighted by molar-refractivity contribution is -0.0139. The Kier molecular flexibility index (Phi) is 1.98. The second-order valence-corrected chi connectivity index (χ2v) is 6.29. The molecule has 3 aliphatic carbocycles. The van der Waals surface area contributed by atoms with Crippen LogP contribution < -0.4 is 0 Å². The molecule has 5 unspecified atom stereocenters. The minimum Gasteiger partial charge on any atom is -0.0654 e. The Morgan fingerprint density at radius 2 is 2.07 bits per heavy atom. The van der Waals surface area contributed by atoms with Gasteiger partial charge in [-0.2, -0.15) is 0 Å². The lowest BCUT2D eigenvalue weighted by Gasteiger charge is -2.51. The maximum Gasteiger partial charge on any atom is -0.0235 e. The van der Waals surface area contributed by atoms with Crippen LogP contribution in [0.3, 0.4) is 0 Å². The van der Waals surface area contributed by atoms with Crippen molar-refractivity contribution >= 4 is 0 Å². The molecule has 3 saturated carbocycles. The van der Waals surface area contributed by atoms with Crippen LogP contribution in [0.2, 0.25) is 0 Å². The van der Waals surface area contributed by atoms with Crippen LogP contribution in [0.1, 0.15) is 58.8 Å². The van der Waals surface area contributed by atoms with E-state index in [1.54, 1.807) is 32.1 Å². The molecule has 0 N–H and O–H groups in total. The molecule has 1 spiro atoms. The predicted octanol–water partition coefficient (Wildman–Crippen LogP) is 4.25. The average molecular weight is 192 g/mol. The third-order valence-corrected chi connectivity index (χ3v) is 5.78. The van der Waals surface area contributed by atoms with Crippen molar-refractivity contribution < 1.29 is 0 Å². The zero-order chi connectivity index (χ0) is 9.76. The Morgan fingerprint density at radius 3 is 2.71 bits per heavy atom. The molecule has 0 aromatic heterocycles. The van der Waals surface area contributed by atoms with E-state index < -0.39 is 0 Å². The van der Waals surface area contributed by atoms with Crippen LogP contribution in [0.4, 0.5) is 0 Å². The van der Waals surface area contributed by atoms with Crippen molar-refractivity contribution in [2.24, 2.45) is 29.1 Å². The minimum atomic E-state index is 0.894. The van der Waals surface area contributed by atoms with E-state index in [1.807, 2.05) is 0 Å². The summed E-state index contributed by atoms with van der Waals surface area (Å²) in [7, 11) is 0. The molecule has 5 atom stereocenters. The molecular weight excluding hydrogens is 168 g/mol. The second-order valence-electron chi connectivity index (χ2n) is 6.29. The van der Waals surface area contributed by atoms with Crippen molar-refractivity contribution in [3.63, 3.8) is 0 Å². The average Bonchev–Trinajstić information content (AvgIpc) is 2.73. The molecule has 80 valence electrons. The van der Waals surface area contributed by atoms with Crippen LogP contribution in [0.25, 0.3) is 0 Å². The van der Waals surface area contributed by atoms with E-state index in [0.717, 1.165) is 23.2 Å². The van der Waals surface area contributed by atoms with Crippen LogP contribution >= 0.6 is 0 Å². The summed E-state index contributed by atoms with van der Waals surface area (Å²) >= 11 is 0. The van der Waals surface area contributed by atoms with Gasteiger partial charge in [-0.1, -0.05) is 26.7 Å². The van der Waals surface area contributed by atoms with Gasteiger partial charge in [0, 0.05) is 0 Å². The highest BCUT2D eigenvalue weighted by atomic mass is 14.7. The molecule has 0 amide bonds. The fourth-order valence-electron chi connectivity index (χ4n) is 4.71. The zero-order valence-corrected chi connectivity index (χ0v) is 9.76. The Labute approximate surface area is 88.5 Å². The lowest BCUT2D eigenvalue weighted by atomic mass is 9.54. The van der Waals surface area contributed by atoms with Gasteiger partial charge < -0.3 is 0 Å². The summed E-state index contributed by atoms with van der Waals surface area (Å²) in [6.45, 7) is 4.86. The highest BCUT2D eigenvalue weighted by Gasteiger charge is 2.63. The van der Waals surface area contributed by atoms with Crippen molar-refractivity contribution in [2.75, 3.05) is 0 Å². The molecule has 0 aliphatic heterocycles. The van der Waals surface area contributed by atoms with Gasteiger partial charge in [0.15, 0.2) is 0 Å². The van der Waals surface area contributed by atoms with Gasteiger partial charge in [-0.05, 0) is 61.2 Å². The van der Waals surface area contributed by atoms with Crippen molar-refractivity contribution in [1.29, 1.82) is 0 Å². The van der Waals surface area contributed by atoms with Gasteiger partial charge in [-0.3, -0.25) is 0 Å². The first kappa shape index (κ1) is 9.24. The van der Waals surface area contributed by atoms with Gasteiger partial charge >= 0.3 is 0 Å². The van der Waals surface area contributed by atoms with Crippen LogP contribution in [-0.4, -0.2) is 0 Å². The van der Waals surface area contributed by atoms with Gasteiger partial charge in [0.25, 0.3) is 0 Å². The Bertz CT molecular complexity index is 232. The number of hydrogen-bond donors (Lipinski definition) is 0. The Hall–Kier alpha value is 0. The van der Waals surface area contributed by atoms with E-state index in [-0.39, 0.29) is 0 Å². The summed E-state index contributed by atoms with van der Waals surface area (Å²) in [6.07, 6.45) is 10.8. The van der Waals surface area contributed by atoms with Gasteiger partial charge in [0.1, 0.15) is 0 Å². The number of hydrogen-bond acceptors (Lipinski definition) is 0. The molecule has 0 heteroatoms. The van der Waals surface area contributed by atoms with Crippen molar-refractivity contribution in [3.05, 3.63) is 0 Å². The molecule has 0 aromatic carbocycles. The third-order valence-electron chi connectivity index (χ3n) is 5.78. The topological polar surface area (TPSA) is 0 Å². The third kappa shape index (κ3) is 1.06. The maximum absolute atomic E-state index is 2.50. The highest BCUT2D eigenvalue weighted by molar-refractivity contribution is 5.12. The first-order valence-electron chi connectivity index (χ1n) is 6.78. The van der Waals surface area contributed by atoms with E-state index in [2.05, 4.69) is 13.8 Å². The van der Waals surface area contributed by atoms with Crippen LogP contribution in [0, 0.1) is 29.1 Å². The number of rotatable bonds is 2. The highest BCUT2D eigenvalue weighted by Crippen LogP contribution is 2.72. The molecule has 0 heterocycles. The summed E-state index contributed by atoms with van der Waals surface area (Å²) in [5.74, 6) is 4.52. The predicted molar refractivity (Wildman–Crippen MR) is 60.1 cm³/mol. The van der Waals surface area contributed by atoms with E-state index in [4.69, 9.17) is 0 Å². The summed E-state index contributed by atoms with van der Waals surface area (Å²) in [5, 5.41) is 0. The summed E-state index contributed by atoms with van der Waals surface area (Å²) in [4.78, 5) is 0. The molecule has 0 radical (unpaired) electrons. The van der Waals surface area contributed by atoms with E-state index in [0.29, 0.717) is 0 Å². The monoisotopic (exact) mass is 192 g/mol. The van der Waals surface area contributed by atoms with Crippen molar-refractivity contribution in [2.45, 2.75) is 58.8 Å². The minimum absolute atomic E-state index is 0.894. The van der Waals surface area contributed by atoms with E-state index in [9.17, 15) is 0 Å². The van der Waals surface area contributed by atoms with Gasteiger partial charge in [-0.15, -0.1) is 0 Å². The Balaban J connectivity index is 1.71. The summed E-state index contributed by atoms with van der Waals surface area (Å²) in [5.41, 5.74) is 0.894. The second kappa shape index (κ2) is 3.00. The smallest absolute Gasteiger partial charge is 0.0235 e. The molecule has 3 aliphatic rings. The SMILES string of the molecule is CCCC1CC12CCC(C)C1CCC12. The molecule has 14 heavy (non-hydrogen) atoms. The molecule has 3 fully saturated rings.